The van der Waals surface area contributed by atoms with Crippen molar-refractivity contribution in [2.75, 3.05) is 13.7 Å². The number of carbonyl (C=O) groups excluding carboxylic acids is 1. The predicted octanol–water partition coefficient (Wildman–Crippen LogP) is 1.18. The fraction of sp³-hybridized carbons (Fsp3) is 0.600. The molecule has 1 heterocycles. The van der Waals surface area contributed by atoms with Gasteiger partial charge in [0.25, 0.3) is 5.91 Å². The minimum Gasteiger partial charge on any atom is -0.382 e. The largest absolute Gasteiger partial charge is 0.382 e. The second-order valence-corrected chi connectivity index (χ2v) is 5.04. The van der Waals surface area contributed by atoms with E-state index in [1.807, 2.05) is 13.8 Å². The van der Waals surface area contributed by atoms with Crippen molar-refractivity contribution < 1.29 is 9.53 Å². The molecule has 0 saturated heterocycles. The third kappa shape index (κ3) is 4.99. The van der Waals surface area contributed by atoms with Crippen molar-refractivity contribution in [3.63, 3.8) is 0 Å². The van der Waals surface area contributed by atoms with Gasteiger partial charge in [0, 0.05) is 19.0 Å². The average Bonchev–Trinajstić information content (AvgIpc) is 2.64. The monoisotopic (exact) mass is 279 g/mol. The zero-order chi connectivity index (χ0) is 12.2. The van der Waals surface area contributed by atoms with Crippen LogP contribution in [0.5, 0.6) is 0 Å². The fourth-order valence-electron chi connectivity index (χ4n) is 1.28. The van der Waals surface area contributed by atoms with Crippen molar-refractivity contribution in [3.8, 4) is 0 Å². The molecule has 0 aliphatic carbocycles. The summed E-state index contributed by atoms with van der Waals surface area (Å²) in [6, 6.07) is 0. The van der Waals surface area contributed by atoms with Crippen LogP contribution in [-0.2, 0) is 11.3 Å². The zero-order valence-electron chi connectivity index (χ0n) is 10.1. The van der Waals surface area contributed by atoms with Crippen LogP contribution in [0.3, 0.4) is 0 Å². The molecule has 0 radical (unpaired) electrons. The van der Waals surface area contributed by atoms with Gasteiger partial charge in [-0.25, -0.2) is 4.98 Å². The molecule has 7 heteroatoms. The van der Waals surface area contributed by atoms with Gasteiger partial charge in [-0.05, 0) is 13.8 Å². The number of aromatic nitrogens is 1. The van der Waals surface area contributed by atoms with Crippen molar-refractivity contribution in [3.05, 3.63) is 16.1 Å². The van der Waals surface area contributed by atoms with Crippen LogP contribution in [0.4, 0.5) is 0 Å². The van der Waals surface area contributed by atoms with Gasteiger partial charge in [0.15, 0.2) is 0 Å². The lowest BCUT2D eigenvalue weighted by Crippen LogP contribution is -2.46. The predicted molar refractivity (Wildman–Crippen MR) is 70.7 cm³/mol. The minimum atomic E-state index is -0.404. The summed E-state index contributed by atoms with van der Waals surface area (Å²) in [4.78, 5) is 15.9. The quantitative estimate of drug-likeness (QED) is 0.848. The molecule has 1 amide bonds. The van der Waals surface area contributed by atoms with Crippen LogP contribution in [0.1, 0.15) is 29.3 Å². The van der Waals surface area contributed by atoms with E-state index in [1.165, 1.54) is 11.3 Å². The van der Waals surface area contributed by atoms with Crippen molar-refractivity contribution in [2.45, 2.75) is 25.9 Å². The Morgan fingerprint density at radius 1 is 1.65 bits per heavy atom. The van der Waals surface area contributed by atoms with Crippen LogP contribution in [-0.4, -0.2) is 30.1 Å². The molecular weight excluding hydrogens is 262 g/mol. The van der Waals surface area contributed by atoms with Gasteiger partial charge in [-0.2, -0.15) is 0 Å². The van der Waals surface area contributed by atoms with Crippen molar-refractivity contribution in [1.82, 2.24) is 10.3 Å². The van der Waals surface area contributed by atoms with Gasteiger partial charge in [-0.3, -0.25) is 4.79 Å². The molecule has 0 spiro atoms. The van der Waals surface area contributed by atoms with E-state index in [4.69, 9.17) is 10.5 Å². The molecule has 3 N–H and O–H groups in total. The summed E-state index contributed by atoms with van der Waals surface area (Å²) in [5.41, 5.74) is 5.44. The van der Waals surface area contributed by atoms with E-state index in [9.17, 15) is 4.79 Å². The van der Waals surface area contributed by atoms with Gasteiger partial charge >= 0.3 is 0 Å². The molecule has 0 bridgehead atoms. The number of hydrogen-bond donors (Lipinski definition) is 2. The molecule has 1 aromatic rings. The van der Waals surface area contributed by atoms with E-state index in [1.54, 1.807) is 12.5 Å². The van der Waals surface area contributed by atoms with Crippen LogP contribution >= 0.6 is 23.7 Å². The molecule has 5 nitrogen and oxygen atoms in total. The second kappa shape index (κ2) is 6.90. The maximum atomic E-state index is 11.8. The number of thiazole rings is 1. The summed E-state index contributed by atoms with van der Waals surface area (Å²) < 4.78 is 5.02. The van der Waals surface area contributed by atoms with Crippen molar-refractivity contribution in [1.29, 1.82) is 0 Å². The number of nitrogens with two attached hydrogens (primary N) is 1. The molecule has 1 aromatic heterocycles. The molecule has 0 unspecified atom stereocenters. The first kappa shape index (κ1) is 16.3. The highest BCUT2D eigenvalue weighted by Gasteiger charge is 2.22. The molecule has 0 aliphatic heterocycles. The first-order chi connectivity index (χ1) is 7.48. The Bertz CT molecular complexity index is 368. The van der Waals surface area contributed by atoms with Gasteiger partial charge in [0.1, 0.15) is 10.7 Å². The van der Waals surface area contributed by atoms with E-state index in [0.717, 1.165) is 5.01 Å². The number of methoxy groups -OCH3 is 1. The van der Waals surface area contributed by atoms with E-state index >= 15 is 0 Å². The number of rotatable bonds is 5. The average molecular weight is 280 g/mol. The molecule has 1 rings (SSSR count). The van der Waals surface area contributed by atoms with E-state index < -0.39 is 5.54 Å². The fourth-order valence-corrected chi connectivity index (χ4v) is 1.93. The minimum absolute atomic E-state index is 0. The summed E-state index contributed by atoms with van der Waals surface area (Å²) in [6.45, 7) is 4.60. The summed E-state index contributed by atoms with van der Waals surface area (Å²) in [5, 5.41) is 5.32. The van der Waals surface area contributed by atoms with Crippen LogP contribution < -0.4 is 11.1 Å². The molecule has 0 saturated carbocycles. The highest BCUT2D eigenvalue weighted by Crippen LogP contribution is 2.10. The van der Waals surface area contributed by atoms with Gasteiger partial charge in [-0.15, -0.1) is 23.7 Å². The highest BCUT2D eigenvalue weighted by molar-refractivity contribution is 7.09. The molecule has 17 heavy (non-hydrogen) atoms. The second-order valence-electron chi connectivity index (χ2n) is 4.10. The number of ether oxygens (including phenoxy) is 1. The maximum absolute atomic E-state index is 11.8. The lowest BCUT2D eigenvalue weighted by molar-refractivity contribution is 0.0815. The molecule has 98 valence electrons. The first-order valence-corrected chi connectivity index (χ1v) is 5.82. The number of nitrogens with one attached hydrogen (secondary N) is 1. The third-order valence-electron chi connectivity index (χ3n) is 1.92. The molecule has 0 fully saturated rings. The standard InChI is InChI=1S/C10H17N3O2S.ClH/c1-10(2,6-15-3)13-9(14)7-5-16-8(4-11)12-7;/h5H,4,6,11H2,1-3H3,(H,13,14);1H. The van der Waals surface area contributed by atoms with Crippen LogP contribution in [0, 0.1) is 0 Å². The molecular formula is C10H18ClN3O2S. The molecule has 0 aliphatic rings. The number of carbonyl (C=O) groups is 1. The SMILES string of the molecule is COCC(C)(C)NC(=O)c1csc(CN)n1.Cl. The third-order valence-corrected chi connectivity index (χ3v) is 2.79. The van der Waals surface area contributed by atoms with Gasteiger partial charge < -0.3 is 15.8 Å². The van der Waals surface area contributed by atoms with Crippen molar-refractivity contribution in [2.24, 2.45) is 5.73 Å². The highest BCUT2D eigenvalue weighted by atomic mass is 35.5. The number of amides is 1. The smallest absolute Gasteiger partial charge is 0.271 e. The Balaban J connectivity index is 0.00000256. The number of hydrogen-bond acceptors (Lipinski definition) is 5. The lowest BCUT2D eigenvalue weighted by atomic mass is 10.1. The summed E-state index contributed by atoms with van der Waals surface area (Å²) in [6.07, 6.45) is 0. The Morgan fingerprint density at radius 2 is 2.29 bits per heavy atom. The lowest BCUT2D eigenvalue weighted by Gasteiger charge is -2.24. The number of nitrogens with zero attached hydrogens (tertiary/aromatic N) is 1. The van der Waals surface area contributed by atoms with Gasteiger partial charge in [0.2, 0.25) is 0 Å². The maximum Gasteiger partial charge on any atom is 0.271 e. The van der Waals surface area contributed by atoms with Crippen LogP contribution in [0.2, 0.25) is 0 Å². The van der Waals surface area contributed by atoms with E-state index in [-0.39, 0.29) is 18.3 Å². The summed E-state index contributed by atoms with van der Waals surface area (Å²) in [7, 11) is 1.60. The molecule has 0 aromatic carbocycles. The topological polar surface area (TPSA) is 77.2 Å². The van der Waals surface area contributed by atoms with Gasteiger partial charge in [0.05, 0.1) is 12.1 Å². The van der Waals surface area contributed by atoms with Gasteiger partial charge in [-0.1, -0.05) is 0 Å². The number of halogens is 1. The van der Waals surface area contributed by atoms with Crippen molar-refractivity contribution >= 4 is 29.7 Å². The Labute approximate surface area is 111 Å². The Hall–Kier alpha value is -0.690. The van der Waals surface area contributed by atoms with Crippen LogP contribution in [0.25, 0.3) is 0 Å². The van der Waals surface area contributed by atoms with E-state index in [2.05, 4.69) is 10.3 Å². The van der Waals surface area contributed by atoms with Crippen LogP contribution in [0.15, 0.2) is 5.38 Å². The Morgan fingerprint density at radius 3 is 2.76 bits per heavy atom. The zero-order valence-corrected chi connectivity index (χ0v) is 11.8. The summed E-state index contributed by atoms with van der Waals surface area (Å²) >= 11 is 1.39. The Kier molecular flexibility index (Phi) is 6.62. The first-order valence-electron chi connectivity index (χ1n) is 4.94. The van der Waals surface area contributed by atoms with E-state index in [0.29, 0.717) is 18.8 Å². The molecule has 0 atom stereocenters. The normalized spacial score (nSPS) is 10.8. The summed E-state index contributed by atoms with van der Waals surface area (Å²) in [5.74, 6) is -0.196.